The molecule has 2 aromatic carbocycles. The van der Waals surface area contributed by atoms with E-state index in [1.165, 1.54) is 12.1 Å². The van der Waals surface area contributed by atoms with E-state index in [0.717, 1.165) is 18.1 Å². The van der Waals surface area contributed by atoms with Crippen LogP contribution in [-0.4, -0.2) is 18.5 Å². The quantitative estimate of drug-likeness (QED) is 0.859. The van der Waals surface area contributed by atoms with Gasteiger partial charge in [-0.05, 0) is 48.7 Å². The van der Waals surface area contributed by atoms with Gasteiger partial charge in [0.25, 0.3) is 5.91 Å². The molecule has 0 aliphatic carbocycles. The number of amides is 1. The maximum Gasteiger partial charge on any atom is 0.338 e. The van der Waals surface area contributed by atoms with Gasteiger partial charge in [0.15, 0.2) is 6.61 Å². The van der Waals surface area contributed by atoms with Gasteiger partial charge in [-0.1, -0.05) is 25.1 Å². The number of esters is 1. The highest BCUT2D eigenvalue weighted by atomic mass is 19.1. The number of rotatable bonds is 5. The monoisotopic (exact) mass is 315 g/mol. The molecule has 120 valence electrons. The van der Waals surface area contributed by atoms with Crippen LogP contribution in [0.5, 0.6) is 0 Å². The number of ether oxygens (including phenoxy) is 1. The molecule has 0 aromatic heterocycles. The lowest BCUT2D eigenvalue weighted by atomic mass is 10.1. The number of anilines is 1. The molecule has 0 spiro atoms. The fraction of sp³-hybridized carbons (Fsp3) is 0.222. The molecule has 4 nitrogen and oxygen atoms in total. The smallest absolute Gasteiger partial charge is 0.338 e. The van der Waals surface area contributed by atoms with Gasteiger partial charge in [0.2, 0.25) is 0 Å². The molecule has 0 heterocycles. The van der Waals surface area contributed by atoms with Gasteiger partial charge in [-0.25, -0.2) is 9.18 Å². The summed E-state index contributed by atoms with van der Waals surface area (Å²) in [6.07, 6.45) is 0.859. The average Bonchev–Trinajstić information content (AvgIpc) is 2.55. The Hall–Kier alpha value is -2.69. The van der Waals surface area contributed by atoms with Gasteiger partial charge in [0, 0.05) is 5.69 Å². The van der Waals surface area contributed by atoms with Crippen LogP contribution in [0.1, 0.15) is 28.4 Å². The van der Waals surface area contributed by atoms with Crippen LogP contribution in [0.15, 0.2) is 42.5 Å². The Balaban J connectivity index is 1.90. The van der Waals surface area contributed by atoms with Crippen molar-refractivity contribution in [1.82, 2.24) is 0 Å². The lowest BCUT2D eigenvalue weighted by molar-refractivity contribution is -0.119. The number of carbonyl (C=O) groups is 2. The Kier molecular flexibility index (Phi) is 5.46. The van der Waals surface area contributed by atoms with Crippen LogP contribution in [0.2, 0.25) is 0 Å². The SMILES string of the molecule is CCc1cccc(NC(=O)COC(=O)c2ccc(C)c(F)c2)c1. The molecule has 1 N–H and O–H groups in total. The van der Waals surface area contributed by atoms with Crippen LogP contribution >= 0.6 is 0 Å². The first-order valence-electron chi connectivity index (χ1n) is 7.31. The Labute approximate surface area is 134 Å². The van der Waals surface area contributed by atoms with Crippen LogP contribution in [-0.2, 0) is 16.0 Å². The minimum absolute atomic E-state index is 0.0777. The molecule has 0 fully saturated rings. The standard InChI is InChI=1S/C18H18FNO3/c1-3-13-5-4-6-15(9-13)20-17(21)11-23-18(22)14-8-7-12(2)16(19)10-14/h4-10H,3,11H2,1-2H3,(H,20,21). The van der Waals surface area contributed by atoms with Gasteiger partial charge < -0.3 is 10.1 Å². The van der Waals surface area contributed by atoms with E-state index in [1.54, 1.807) is 13.0 Å². The van der Waals surface area contributed by atoms with Crippen LogP contribution in [0.3, 0.4) is 0 Å². The third kappa shape index (κ3) is 4.64. The average molecular weight is 315 g/mol. The number of hydrogen-bond acceptors (Lipinski definition) is 3. The normalized spacial score (nSPS) is 10.2. The minimum atomic E-state index is -0.735. The topological polar surface area (TPSA) is 55.4 Å². The third-order valence-electron chi connectivity index (χ3n) is 3.36. The molecule has 0 unspecified atom stereocenters. The fourth-order valence-electron chi connectivity index (χ4n) is 2.00. The first-order chi connectivity index (χ1) is 11.0. The number of hydrogen-bond donors (Lipinski definition) is 1. The molecule has 0 bridgehead atoms. The Morgan fingerprint density at radius 2 is 1.96 bits per heavy atom. The predicted octanol–water partition coefficient (Wildman–Crippen LogP) is 3.49. The van der Waals surface area contributed by atoms with E-state index >= 15 is 0 Å². The molecule has 0 saturated carbocycles. The van der Waals surface area contributed by atoms with Crippen LogP contribution < -0.4 is 5.32 Å². The van der Waals surface area contributed by atoms with Crippen molar-refractivity contribution in [1.29, 1.82) is 0 Å². The van der Waals surface area contributed by atoms with Crippen molar-refractivity contribution in [2.75, 3.05) is 11.9 Å². The van der Waals surface area contributed by atoms with Gasteiger partial charge in [-0.15, -0.1) is 0 Å². The second kappa shape index (κ2) is 7.54. The molecular formula is C18H18FNO3. The van der Waals surface area contributed by atoms with Crippen molar-refractivity contribution in [2.24, 2.45) is 0 Å². The number of benzene rings is 2. The van der Waals surface area contributed by atoms with Crippen LogP contribution in [0.25, 0.3) is 0 Å². The summed E-state index contributed by atoms with van der Waals surface area (Å²) in [5, 5.41) is 2.65. The zero-order chi connectivity index (χ0) is 16.8. The zero-order valence-corrected chi connectivity index (χ0v) is 13.1. The molecule has 5 heteroatoms. The molecule has 2 rings (SSSR count). The first kappa shape index (κ1) is 16.7. The highest BCUT2D eigenvalue weighted by molar-refractivity contribution is 5.95. The molecule has 23 heavy (non-hydrogen) atoms. The molecule has 0 aliphatic rings. The second-order valence-electron chi connectivity index (χ2n) is 5.14. The van der Waals surface area contributed by atoms with E-state index in [-0.39, 0.29) is 5.56 Å². The van der Waals surface area contributed by atoms with Gasteiger partial charge >= 0.3 is 5.97 Å². The number of aryl methyl sites for hydroxylation is 2. The largest absolute Gasteiger partial charge is 0.452 e. The van der Waals surface area contributed by atoms with Crippen molar-refractivity contribution in [3.05, 3.63) is 65.0 Å². The van der Waals surface area contributed by atoms with Crippen molar-refractivity contribution in [3.8, 4) is 0 Å². The van der Waals surface area contributed by atoms with Crippen LogP contribution in [0.4, 0.5) is 10.1 Å². The summed E-state index contributed by atoms with van der Waals surface area (Å²) in [7, 11) is 0. The predicted molar refractivity (Wildman–Crippen MR) is 85.9 cm³/mol. The van der Waals surface area contributed by atoms with E-state index in [2.05, 4.69) is 5.32 Å². The summed E-state index contributed by atoms with van der Waals surface area (Å²) in [4.78, 5) is 23.6. The highest BCUT2D eigenvalue weighted by Crippen LogP contribution is 2.12. The van der Waals surface area contributed by atoms with Gasteiger partial charge in [-0.3, -0.25) is 4.79 Å². The summed E-state index contributed by atoms with van der Waals surface area (Å²) in [6.45, 7) is 3.19. The molecule has 0 atom stereocenters. The molecule has 0 radical (unpaired) electrons. The number of carbonyl (C=O) groups excluding carboxylic acids is 2. The maximum atomic E-state index is 13.4. The van der Waals surface area contributed by atoms with Crippen molar-refractivity contribution in [2.45, 2.75) is 20.3 Å². The van der Waals surface area contributed by atoms with Gasteiger partial charge in [0.1, 0.15) is 5.82 Å². The van der Waals surface area contributed by atoms with E-state index in [0.29, 0.717) is 11.3 Å². The molecule has 0 aliphatic heterocycles. The first-order valence-corrected chi connectivity index (χ1v) is 7.31. The summed E-state index contributed by atoms with van der Waals surface area (Å²) >= 11 is 0. The van der Waals surface area contributed by atoms with Crippen molar-refractivity contribution < 1.29 is 18.7 Å². The summed E-state index contributed by atoms with van der Waals surface area (Å²) < 4.78 is 18.3. The Morgan fingerprint density at radius 3 is 2.65 bits per heavy atom. The lowest BCUT2D eigenvalue weighted by Gasteiger charge is -2.08. The van der Waals surface area contributed by atoms with Crippen molar-refractivity contribution >= 4 is 17.6 Å². The number of nitrogens with one attached hydrogen (secondary N) is 1. The summed E-state index contributed by atoms with van der Waals surface area (Å²) in [5.41, 5.74) is 2.26. The Bertz CT molecular complexity index is 728. The lowest BCUT2D eigenvalue weighted by Crippen LogP contribution is -2.21. The Morgan fingerprint density at radius 1 is 1.17 bits per heavy atom. The van der Waals surface area contributed by atoms with E-state index in [4.69, 9.17) is 4.74 Å². The molecular weight excluding hydrogens is 297 g/mol. The number of halogens is 1. The van der Waals surface area contributed by atoms with Crippen molar-refractivity contribution in [3.63, 3.8) is 0 Å². The van der Waals surface area contributed by atoms with Gasteiger partial charge in [0.05, 0.1) is 5.56 Å². The van der Waals surface area contributed by atoms with Gasteiger partial charge in [-0.2, -0.15) is 0 Å². The van der Waals surface area contributed by atoms with E-state index in [1.807, 2.05) is 25.1 Å². The second-order valence-corrected chi connectivity index (χ2v) is 5.14. The fourth-order valence-corrected chi connectivity index (χ4v) is 2.00. The third-order valence-corrected chi connectivity index (χ3v) is 3.36. The van der Waals surface area contributed by atoms with E-state index < -0.39 is 24.3 Å². The maximum absolute atomic E-state index is 13.4. The zero-order valence-electron chi connectivity index (χ0n) is 13.1. The highest BCUT2D eigenvalue weighted by Gasteiger charge is 2.12. The molecule has 2 aromatic rings. The summed E-state index contributed by atoms with van der Waals surface area (Å²) in [6, 6.07) is 11.5. The minimum Gasteiger partial charge on any atom is -0.452 e. The molecule has 0 saturated heterocycles. The molecule has 1 amide bonds. The summed E-state index contributed by atoms with van der Waals surface area (Å²) in [5.74, 6) is -1.67. The van der Waals surface area contributed by atoms with E-state index in [9.17, 15) is 14.0 Å². The van der Waals surface area contributed by atoms with Crippen LogP contribution in [0, 0.1) is 12.7 Å².